The molecule has 2 aliphatic heterocycles. The zero-order valence-electron chi connectivity index (χ0n) is 14.1. The van der Waals surface area contributed by atoms with Crippen molar-refractivity contribution in [1.82, 2.24) is 15.5 Å². The van der Waals surface area contributed by atoms with Crippen LogP contribution in [-0.2, 0) is 9.59 Å². The number of hydrogen-bond acceptors (Lipinski definition) is 4. The molecular weight excluding hydrogens is 346 g/mol. The minimum absolute atomic E-state index is 0.169. The average Bonchev–Trinajstić information content (AvgIpc) is 2.84. The van der Waals surface area contributed by atoms with Gasteiger partial charge < -0.3 is 15.0 Å². The van der Waals surface area contributed by atoms with Crippen molar-refractivity contribution in [2.24, 2.45) is 0 Å². The Morgan fingerprint density at radius 2 is 2.00 bits per heavy atom. The number of nitrogens with one attached hydrogen (secondary N) is 2. The van der Waals surface area contributed by atoms with Crippen LogP contribution in [0, 0.1) is 6.92 Å². The van der Waals surface area contributed by atoms with Gasteiger partial charge in [0.1, 0.15) is 11.3 Å². The van der Waals surface area contributed by atoms with E-state index in [4.69, 9.17) is 16.3 Å². The molecule has 0 aliphatic carbocycles. The van der Waals surface area contributed by atoms with Crippen molar-refractivity contribution in [3.8, 4) is 5.75 Å². The molecular formula is C17H20ClN3O4. The minimum atomic E-state index is -0.891. The summed E-state index contributed by atoms with van der Waals surface area (Å²) in [6, 6.07) is 4.91. The predicted molar refractivity (Wildman–Crippen MR) is 91.5 cm³/mol. The van der Waals surface area contributed by atoms with Crippen LogP contribution in [0.2, 0.25) is 5.02 Å². The van der Waals surface area contributed by atoms with Gasteiger partial charge in [0, 0.05) is 13.1 Å². The molecule has 7 nitrogen and oxygen atoms in total. The van der Waals surface area contributed by atoms with E-state index in [0.29, 0.717) is 36.7 Å². The first-order chi connectivity index (χ1) is 11.8. The molecule has 0 saturated carbocycles. The highest BCUT2D eigenvalue weighted by Crippen LogP contribution is 2.28. The zero-order chi connectivity index (χ0) is 18.2. The van der Waals surface area contributed by atoms with Crippen molar-refractivity contribution >= 4 is 29.4 Å². The minimum Gasteiger partial charge on any atom is -0.479 e. The van der Waals surface area contributed by atoms with Crippen molar-refractivity contribution in [2.45, 2.75) is 38.3 Å². The van der Waals surface area contributed by atoms with Gasteiger partial charge in [0.05, 0.1) is 5.02 Å². The number of benzene rings is 1. The number of urea groups is 1. The van der Waals surface area contributed by atoms with Crippen LogP contribution in [0.25, 0.3) is 0 Å². The predicted octanol–water partition coefficient (Wildman–Crippen LogP) is 1.62. The van der Waals surface area contributed by atoms with Gasteiger partial charge >= 0.3 is 6.03 Å². The molecule has 134 valence electrons. The number of carbonyl (C=O) groups is 3. The maximum atomic E-state index is 12.6. The fraction of sp³-hybridized carbons (Fsp3) is 0.471. The fourth-order valence-corrected chi connectivity index (χ4v) is 3.35. The summed E-state index contributed by atoms with van der Waals surface area (Å²) in [4.78, 5) is 37.6. The molecule has 0 unspecified atom stereocenters. The number of carbonyl (C=O) groups excluding carboxylic acids is 3. The van der Waals surface area contributed by atoms with Crippen LogP contribution in [0.4, 0.5) is 4.79 Å². The molecule has 2 aliphatic rings. The van der Waals surface area contributed by atoms with Crippen molar-refractivity contribution in [1.29, 1.82) is 0 Å². The number of aryl methyl sites for hydroxylation is 1. The molecule has 1 aromatic rings. The molecule has 2 heterocycles. The van der Waals surface area contributed by atoms with Crippen LogP contribution in [0.5, 0.6) is 5.75 Å². The summed E-state index contributed by atoms with van der Waals surface area (Å²) in [5.74, 6) is -0.0176. The van der Waals surface area contributed by atoms with Crippen LogP contribution in [0.3, 0.4) is 0 Å². The van der Waals surface area contributed by atoms with E-state index in [1.165, 1.54) is 0 Å². The second-order valence-electron chi connectivity index (χ2n) is 6.51. The number of piperidine rings is 1. The van der Waals surface area contributed by atoms with Gasteiger partial charge in [-0.1, -0.05) is 17.7 Å². The lowest BCUT2D eigenvalue weighted by Gasteiger charge is -2.37. The smallest absolute Gasteiger partial charge is 0.322 e. The molecule has 4 amide bonds. The van der Waals surface area contributed by atoms with Crippen molar-refractivity contribution in [2.75, 3.05) is 13.1 Å². The van der Waals surface area contributed by atoms with Crippen molar-refractivity contribution < 1.29 is 19.1 Å². The second kappa shape index (κ2) is 6.55. The SMILES string of the molecule is Cc1ccc(Cl)c(O[C@H](C)C(=O)N2CCC3(CC2)NC(=O)NC3=O)c1. The molecule has 25 heavy (non-hydrogen) atoms. The molecule has 0 bridgehead atoms. The quantitative estimate of drug-likeness (QED) is 0.797. The van der Waals surface area contributed by atoms with E-state index in [9.17, 15) is 14.4 Å². The average molecular weight is 366 g/mol. The largest absolute Gasteiger partial charge is 0.479 e. The van der Waals surface area contributed by atoms with Gasteiger partial charge in [-0.2, -0.15) is 0 Å². The number of imide groups is 1. The number of rotatable bonds is 3. The lowest BCUT2D eigenvalue weighted by Crippen LogP contribution is -2.57. The third-order valence-corrected chi connectivity index (χ3v) is 4.99. The molecule has 1 atom stereocenters. The summed E-state index contributed by atoms with van der Waals surface area (Å²) in [7, 11) is 0. The first kappa shape index (κ1) is 17.5. The number of ether oxygens (including phenoxy) is 1. The number of nitrogens with zero attached hydrogens (tertiary/aromatic N) is 1. The lowest BCUT2D eigenvalue weighted by atomic mass is 9.87. The Morgan fingerprint density at radius 3 is 2.60 bits per heavy atom. The van der Waals surface area contributed by atoms with Gasteiger partial charge in [-0.25, -0.2) is 4.79 Å². The second-order valence-corrected chi connectivity index (χ2v) is 6.92. The van der Waals surface area contributed by atoms with E-state index in [1.54, 1.807) is 24.0 Å². The first-order valence-corrected chi connectivity index (χ1v) is 8.54. The van der Waals surface area contributed by atoms with Crippen LogP contribution >= 0.6 is 11.6 Å². The van der Waals surface area contributed by atoms with Gasteiger partial charge in [-0.3, -0.25) is 14.9 Å². The monoisotopic (exact) mass is 365 g/mol. The summed E-state index contributed by atoms with van der Waals surface area (Å²) in [6.07, 6.45) is 0.0722. The molecule has 1 spiro atoms. The molecule has 0 aromatic heterocycles. The van der Waals surface area contributed by atoms with Gasteiger partial charge in [0.15, 0.2) is 6.10 Å². The van der Waals surface area contributed by atoms with E-state index in [0.717, 1.165) is 5.56 Å². The summed E-state index contributed by atoms with van der Waals surface area (Å²) in [5, 5.41) is 5.38. The highest BCUT2D eigenvalue weighted by molar-refractivity contribution is 6.32. The highest BCUT2D eigenvalue weighted by Gasteiger charge is 2.48. The Bertz CT molecular complexity index is 729. The van der Waals surface area contributed by atoms with Crippen molar-refractivity contribution in [3.05, 3.63) is 28.8 Å². The van der Waals surface area contributed by atoms with E-state index in [1.807, 2.05) is 13.0 Å². The number of halogens is 1. The fourth-order valence-electron chi connectivity index (χ4n) is 3.19. The molecule has 8 heteroatoms. The van der Waals surface area contributed by atoms with Crippen LogP contribution in [0.15, 0.2) is 18.2 Å². The topological polar surface area (TPSA) is 87.7 Å². The Hall–Kier alpha value is -2.28. The summed E-state index contributed by atoms with van der Waals surface area (Å²) in [5.41, 5.74) is 0.0969. The maximum Gasteiger partial charge on any atom is 0.322 e. The Morgan fingerprint density at radius 1 is 1.32 bits per heavy atom. The Kier molecular flexibility index (Phi) is 4.60. The highest BCUT2D eigenvalue weighted by atomic mass is 35.5. The van der Waals surface area contributed by atoms with Crippen molar-refractivity contribution in [3.63, 3.8) is 0 Å². The van der Waals surface area contributed by atoms with Crippen LogP contribution in [0.1, 0.15) is 25.3 Å². The lowest BCUT2D eigenvalue weighted by molar-refractivity contribution is -0.141. The molecule has 2 fully saturated rings. The summed E-state index contributed by atoms with van der Waals surface area (Å²) < 4.78 is 5.72. The Labute approximate surface area is 150 Å². The van der Waals surface area contributed by atoms with Gasteiger partial charge in [-0.15, -0.1) is 0 Å². The standard InChI is InChI=1S/C17H20ClN3O4/c1-10-3-4-12(18)13(9-10)25-11(2)14(22)21-7-5-17(6-8-21)15(23)19-16(24)20-17/h3-4,9,11H,5-8H2,1-2H3,(H2,19,20,23,24)/t11-/m1/s1. The summed E-state index contributed by atoms with van der Waals surface area (Å²) >= 11 is 6.11. The zero-order valence-corrected chi connectivity index (χ0v) is 14.9. The number of hydrogen-bond donors (Lipinski definition) is 2. The third-order valence-electron chi connectivity index (χ3n) is 4.68. The van der Waals surface area contributed by atoms with E-state index in [2.05, 4.69) is 10.6 Å². The molecule has 2 saturated heterocycles. The molecule has 1 aromatic carbocycles. The third kappa shape index (κ3) is 3.42. The normalized spacial score (nSPS) is 20.2. The molecule has 2 N–H and O–H groups in total. The van der Waals surface area contributed by atoms with E-state index < -0.39 is 17.7 Å². The maximum absolute atomic E-state index is 12.6. The number of amides is 4. The number of likely N-dealkylation sites (tertiary alicyclic amines) is 1. The van der Waals surface area contributed by atoms with E-state index >= 15 is 0 Å². The van der Waals surface area contributed by atoms with E-state index in [-0.39, 0.29) is 11.8 Å². The summed E-state index contributed by atoms with van der Waals surface area (Å²) in [6.45, 7) is 4.35. The first-order valence-electron chi connectivity index (χ1n) is 8.16. The van der Waals surface area contributed by atoms with Gasteiger partial charge in [-0.05, 0) is 44.4 Å². The molecule has 0 radical (unpaired) electrons. The van der Waals surface area contributed by atoms with Crippen LogP contribution in [-0.4, -0.2) is 47.5 Å². The van der Waals surface area contributed by atoms with Crippen LogP contribution < -0.4 is 15.4 Å². The van der Waals surface area contributed by atoms with Gasteiger partial charge in [0.25, 0.3) is 11.8 Å². The van der Waals surface area contributed by atoms with Gasteiger partial charge in [0.2, 0.25) is 0 Å². The molecule has 3 rings (SSSR count). The Balaban J connectivity index is 1.61.